The van der Waals surface area contributed by atoms with E-state index in [1.54, 1.807) is 36.6 Å². The molecule has 19 heavy (non-hydrogen) atoms. The van der Waals surface area contributed by atoms with Crippen LogP contribution >= 0.6 is 0 Å². The zero-order valence-corrected chi connectivity index (χ0v) is 11.2. The number of furan rings is 1. The van der Waals surface area contributed by atoms with Crippen molar-refractivity contribution in [3.8, 4) is 0 Å². The van der Waals surface area contributed by atoms with Crippen LogP contribution in [0, 0.1) is 0 Å². The minimum atomic E-state index is -3.83. The van der Waals surface area contributed by atoms with Crippen LogP contribution in [0.5, 0.6) is 0 Å². The van der Waals surface area contributed by atoms with Crippen molar-refractivity contribution in [3.05, 3.63) is 42.4 Å². The number of anilines is 2. The number of primary sulfonamides is 1. The molecule has 0 aliphatic carbocycles. The van der Waals surface area contributed by atoms with Crippen molar-refractivity contribution in [1.29, 1.82) is 0 Å². The number of nitrogen functional groups attached to an aromatic ring is 1. The van der Waals surface area contributed by atoms with Crippen LogP contribution in [-0.4, -0.2) is 15.5 Å². The van der Waals surface area contributed by atoms with Crippen molar-refractivity contribution in [3.63, 3.8) is 0 Å². The standard InChI is InChI=1S/C12H15N3O3S/c1-15(7-9-4-5-18-8-9)11-3-2-10(13)6-12(11)19(14,16)17/h2-6,8H,7,13H2,1H3,(H2,14,16,17). The molecule has 0 fully saturated rings. The molecule has 7 heteroatoms. The molecule has 0 radical (unpaired) electrons. The highest BCUT2D eigenvalue weighted by molar-refractivity contribution is 7.89. The van der Waals surface area contributed by atoms with E-state index < -0.39 is 10.0 Å². The van der Waals surface area contributed by atoms with Crippen LogP contribution in [0.1, 0.15) is 5.56 Å². The Bertz CT molecular complexity index is 666. The lowest BCUT2D eigenvalue weighted by molar-refractivity contribution is 0.563. The first-order chi connectivity index (χ1) is 8.88. The maximum atomic E-state index is 11.6. The number of nitrogens with zero attached hydrogens (tertiary/aromatic N) is 1. The normalized spacial score (nSPS) is 11.5. The fraction of sp³-hybridized carbons (Fsp3) is 0.167. The van der Waals surface area contributed by atoms with Gasteiger partial charge >= 0.3 is 0 Å². The summed E-state index contributed by atoms with van der Waals surface area (Å²) < 4.78 is 28.2. The highest BCUT2D eigenvalue weighted by atomic mass is 32.2. The minimum Gasteiger partial charge on any atom is -0.472 e. The van der Waals surface area contributed by atoms with Crippen molar-refractivity contribution >= 4 is 21.4 Å². The molecule has 0 saturated carbocycles. The summed E-state index contributed by atoms with van der Waals surface area (Å²) in [5.41, 5.74) is 7.39. The van der Waals surface area contributed by atoms with Gasteiger partial charge in [0.05, 0.1) is 18.2 Å². The van der Waals surface area contributed by atoms with Gasteiger partial charge in [-0.3, -0.25) is 0 Å². The van der Waals surface area contributed by atoms with Crippen LogP contribution in [0.3, 0.4) is 0 Å². The number of nitrogens with two attached hydrogens (primary N) is 2. The predicted octanol–water partition coefficient (Wildman–Crippen LogP) is 1.15. The molecular weight excluding hydrogens is 266 g/mol. The summed E-state index contributed by atoms with van der Waals surface area (Å²) in [6, 6.07) is 6.44. The van der Waals surface area contributed by atoms with Crippen molar-refractivity contribution in [2.45, 2.75) is 11.4 Å². The van der Waals surface area contributed by atoms with Gasteiger partial charge in [0.1, 0.15) is 4.90 Å². The maximum Gasteiger partial charge on any atom is 0.240 e. The van der Waals surface area contributed by atoms with Gasteiger partial charge in [-0.1, -0.05) is 0 Å². The topological polar surface area (TPSA) is 103 Å². The highest BCUT2D eigenvalue weighted by Crippen LogP contribution is 2.26. The second-order valence-corrected chi connectivity index (χ2v) is 5.79. The van der Waals surface area contributed by atoms with E-state index in [1.807, 2.05) is 6.07 Å². The van der Waals surface area contributed by atoms with E-state index in [4.69, 9.17) is 15.3 Å². The molecular formula is C12H15N3O3S. The van der Waals surface area contributed by atoms with Gasteiger partial charge < -0.3 is 15.1 Å². The SMILES string of the molecule is CN(Cc1ccoc1)c1ccc(N)cc1S(N)(=O)=O. The highest BCUT2D eigenvalue weighted by Gasteiger charge is 2.17. The van der Waals surface area contributed by atoms with Crippen LogP contribution in [0.4, 0.5) is 11.4 Å². The number of sulfonamides is 1. The van der Waals surface area contributed by atoms with Crippen LogP contribution < -0.4 is 15.8 Å². The first-order valence-corrected chi connectivity index (χ1v) is 7.07. The lowest BCUT2D eigenvalue weighted by Gasteiger charge is -2.21. The fourth-order valence-electron chi connectivity index (χ4n) is 1.82. The van der Waals surface area contributed by atoms with Crippen LogP contribution in [0.25, 0.3) is 0 Å². The molecule has 1 aromatic carbocycles. The van der Waals surface area contributed by atoms with Crippen molar-refractivity contribution < 1.29 is 12.8 Å². The Labute approximate surface area is 111 Å². The molecule has 0 amide bonds. The summed E-state index contributed by atoms with van der Waals surface area (Å²) in [4.78, 5) is 1.78. The number of benzene rings is 1. The second-order valence-electron chi connectivity index (χ2n) is 4.26. The van der Waals surface area contributed by atoms with E-state index in [0.29, 0.717) is 17.9 Å². The summed E-state index contributed by atoms with van der Waals surface area (Å²) in [7, 11) is -2.05. The molecule has 0 bridgehead atoms. The average Bonchev–Trinajstić information content (AvgIpc) is 2.80. The molecule has 2 aromatic rings. The minimum absolute atomic E-state index is 0.0125. The third kappa shape index (κ3) is 3.07. The Morgan fingerprint density at radius 2 is 2.05 bits per heavy atom. The van der Waals surface area contributed by atoms with Gasteiger partial charge in [0.15, 0.2) is 0 Å². The summed E-state index contributed by atoms with van der Waals surface area (Å²) in [5, 5.41) is 5.21. The molecule has 4 N–H and O–H groups in total. The Morgan fingerprint density at radius 3 is 2.63 bits per heavy atom. The molecule has 6 nitrogen and oxygen atoms in total. The molecule has 0 aliphatic heterocycles. The van der Waals surface area contributed by atoms with Gasteiger partial charge in [-0.25, -0.2) is 13.6 Å². The second kappa shape index (κ2) is 4.94. The largest absolute Gasteiger partial charge is 0.472 e. The third-order valence-electron chi connectivity index (χ3n) is 2.70. The van der Waals surface area contributed by atoms with Gasteiger partial charge in [0, 0.05) is 24.8 Å². The van der Waals surface area contributed by atoms with Crippen LogP contribution in [0.15, 0.2) is 46.1 Å². The average molecular weight is 281 g/mol. The Morgan fingerprint density at radius 1 is 1.32 bits per heavy atom. The van der Waals surface area contributed by atoms with E-state index in [9.17, 15) is 8.42 Å². The molecule has 0 saturated heterocycles. The summed E-state index contributed by atoms with van der Waals surface area (Å²) >= 11 is 0. The Hall–Kier alpha value is -1.99. The Balaban J connectivity index is 2.39. The number of rotatable bonds is 4. The van der Waals surface area contributed by atoms with Crippen LogP contribution in [0.2, 0.25) is 0 Å². The third-order valence-corrected chi connectivity index (χ3v) is 3.64. The first kappa shape index (κ1) is 13.4. The Kier molecular flexibility index (Phi) is 3.50. The molecule has 0 aliphatic rings. The molecule has 1 aromatic heterocycles. The molecule has 102 valence electrons. The summed E-state index contributed by atoms with van der Waals surface area (Å²) in [6.07, 6.45) is 3.16. The van der Waals surface area contributed by atoms with Crippen molar-refractivity contribution in [1.82, 2.24) is 0 Å². The molecule has 1 heterocycles. The maximum absolute atomic E-state index is 11.6. The van der Waals surface area contributed by atoms with Crippen LogP contribution in [-0.2, 0) is 16.6 Å². The van der Waals surface area contributed by atoms with E-state index in [1.165, 1.54) is 6.07 Å². The van der Waals surface area contributed by atoms with Crippen molar-refractivity contribution in [2.24, 2.45) is 5.14 Å². The van der Waals surface area contributed by atoms with E-state index in [2.05, 4.69) is 0 Å². The van der Waals surface area contributed by atoms with Gasteiger partial charge in [-0.05, 0) is 24.3 Å². The van der Waals surface area contributed by atoms with Crippen molar-refractivity contribution in [2.75, 3.05) is 17.7 Å². The summed E-state index contributed by atoms with van der Waals surface area (Å²) in [6.45, 7) is 0.503. The zero-order valence-electron chi connectivity index (χ0n) is 10.4. The number of hydrogen-bond donors (Lipinski definition) is 2. The van der Waals surface area contributed by atoms with E-state index in [0.717, 1.165) is 5.56 Å². The lowest BCUT2D eigenvalue weighted by atomic mass is 10.2. The molecule has 0 atom stereocenters. The zero-order chi connectivity index (χ0) is 14.0. The quantitative estimate of drug-likeness (QED) is 0.818. The predicted molar refractivity (Wildman–Crippen MR) is 73.0 cm³/mol. The van der Waals surface area contributed by atoms with Gasteiger partial charge in [-0.15, -0.1) is 0 Å². The smallest absolute Gasteiger partial charge is 0.240 e. The summed E-state index contributed by atoms with van der Waals surface area (Å²) in [5.74, 6) is 0. The van der Waals surface area contributed by atoms with Gasteiger partial charge in [-0.2, -0.15) is 0 Å². The molecule has 0 spiro atoms. The van der Waals surface area contributed by atoms with E-state index in [-0.39, 0.29) is 4.90 Å². The fourth-order valence-corrected chi connectivity index (χ4v) is 2.63. The monoisotopic (exact) mass is 281 g/mol. The van der Waals surface area contributed by atoms with Gasteiger partial charge in [0.25, 0.3) is 0 Å². The van der Waals surface area contributed by atoms with E-state index >= 15 is 0 Å². The molecule has 0 unspecified atom stereocenters. The number of hydrogen-bond acceptors (Lipinski definition) is 5. The van der Waals surface area contributed by atoms with Gasteiger partial charge in [0.2, 0.25) is 10.0 Å². The molecule has 2 rings (SSSR count). The lowest BCUT2D eigenvalue weighted by Crippen LogP contribution is -2.22. The first-order valence-electron chi connectivity index (χ1n) is 5.52.